The molecule has 3 heteroatoms. The van der Waals surface area contributed by atoms with E-state index in [-0.39, 0.29) is 0 Å². The van der Waals surface area contributed by atoms with Crippen molar-refractivity contribution < 1.29 is 0 Å². The van der Waals surface area contributed by atoms with E-state index in [1.54, 1.807) is 0 Å². The molecule has 0 bridgehead atoms. The van der Waals surface area contributed by atoms with E-state index in [2.05, 4.69) is 0 Å². The smallest absolute Gasteiger partial charge is 0.101 e. The van der Waals surface area contributed by atoms with Gasteiger partial charge in [-0.3, -0.25) is 0 Å². The molecule has 1 aliphatic rings. The summed E-state index contributed by atoms with van der Waals surface area (Å²) >= 11 is 17.6. The normalized spacial score (nSPS) is 20.9. The molecule has 0 heterocycles. The molecule has 1 aromatic carbocycles. The highest BCUT2D eigenvalue weighted by atomic mass is 35.5. The predicted molar refractivity (Wildman–Crippen MR) is 52.9 cm³/mol. The minimum atomic E-state index is -0.634. The van der Waals surface area contributed by atoms with E-state index in [9.17, 15) is 0 Å². The summed E-state index contributed by atoms with van der Waals surface area (Å²) in [5.74, 6) is 1.06. The van der Waals surface area contributed by atoms with Gasteiger partial charge < -0.3 is 0 Å². The molecule has 0 amide bonds. The summed E-state index contributed by atoms with van der Waals surface area (Å²) < 4.78 is -0.634. The molecular formula is C9H6Cl3. The van der Waals surface area contributed by atoms with Crippen LogP contribution in [0.15, 0.2) is 24.3 Å². The molecule has 1 saturated carbocycles. The molecule has 0 unspecified atom stereocenters. The lowest BCUT2D eigenvalue weighted by Crippen LogP contribution is -1.89. The Bertz CT molecular complexity index is 306. The SMILES string of the molecule is Clc1cccc([C]2CC2(Cl)Cl)c1. The molecule has 0 aliphatic heterocycles. The zero-order valence-electron chi connectivity index (χ0n) is 6.15. The van der Waals surface area contributed by atoms with E-state index in [1.807, 2.05) is 24.3 Å². The predicted octanol–water partition coefficient (Wildman–Crippen LogP) is 3.84. The van der Waals surface area contributed by atoms with Gasteiger partial charge in [0.2, 0.25) is 0 Å². The third-order valence-corrected chi connectivity index (χ3v) is 2.85. The van der Waals surface area contributed by atoms with Gasteiger partial charge in [-0.1, -0.05) is 23.7 Å². The molecular weight excluding hydrogens is 214 g/mol. The van der Waals surface area contributed by atoms with Crippen LogP contribution in [-0.4, -0.2) is 4.33 Å². The summed E-state index contributed by atoms with van der Waals surface area (Å²) in [6, 6.07) is 7.57. The first-order valence-corrected chi connectivity index (χ1v) is 4.73. The summed E-state index contributed by atoms with van der Waals surface area (Å²) in [4.78, 5) is 0. The largest absolute Gasteiger partial charge is 0.130 e. The Morgan fingerprint density at radius 2 is 1.92 bits per heavy atom. The van der Waals surface area contributed by atoms with E-state index in [0.717, 1.165) is 22.9 Å². The number of hydrogen-bond donors (Lipinski definition) is 0. The highest BCUT2D eigenvalue weighted by Crippen LogP contribution is 2.58. The fourth-order valence-corrected chi connectivity index (χ4v) is 1.84. The van der Waals surface area contributed by atoms with Crippen LogP contribution in [0.1, 0.15) is 12.0 Å². The summed E-state index contributed by atoms with van der Waals surface area (Å²) in [6.07, 6.45) is 0.746. The van der Waals surface area contributed by atoms with Gasteiger partial charge >= 0.3 is 0 Å². The fourth-order valence-electron chi connectivity index (χ4n) is 1.17. The van der Waals surface area contributed by atoms with Crippen LogP contribution in [0.2, 0.25) is 5.02 Å². The van der Waals surface area contributed by atoms with Gasteiger partial charge in [0, 0.05) is 10.9 Å². The van der Waals surface area contributed by atoms with Crippen molar-refractivity contribution in [1.29, 1.82) is 0 Å². The van der Waals surface area contributed by atoms with E-state index >= 15 is 0 Å². The molecule has 0 atom stereocenters. The van der Waals surface area contributed by atoms with Gasteiger partial charge in [-0.05, 0) is 24.1 Å². The van der Waals surface area contributed by atoms with E-state index in [1.165, 1.54) is 0 Å². The van der Waals surface area contributed by atoms with Crippen LogP contribution in [0.25, 0.3) is 0 Å². The van der Waals surface area contributed by atoms with Crippen LogP contribution in [0.4, 0.5) is 0 Å². The number of rotatable bonds is 1. The summed E-state index contributed by atoms with van der Waals surface area (Å²) in [5, 5.41) is 0.719. The Labute approximate surface area is 86.4 Å². The monoisotopic (exact) mass is 219 g/mol. The average molecular weight is 221 g/mol. The van der Waals surface area contributed by atoms with Gasteiger partial charge in [-0.2, -0.15) is 0 Å². The van der Waals surface area contributed by atoms with Crippen molar-refractivity contribution in [3.8, 4) is 0 Å². The Morgan fingerprint density at radius 3 is 2.42 bits per heavy atom. The van der Waals surface area contributed by atoms with Crippen LogP contribution in [0, 0.1) is 5.92 Å². The van der Waals surface area contributed by atoms with Gasteiger partial charge in [0.25, 0.3) is 0 Å². The highest BCUT2D eigenvalue weighted by Gasteiger charge is 2.53. The van der Waals surface area contributed by atoms with Crippen LogP contribution in [0.5, 0.6) is 0 Å². The van der Waals surface area contributed by atoms with Gasteiger partial charge in [0.1, 0.15) is 4.33 Å². The van der Waals surface area contributed by atoms with Crippen LogP contribution in [0.3, 0.4) is 0 Å². The second-order valence-electron chi connectivity index (χ2n) is 2.87. The molecule has 1 aromatic rings. The zero-order chi connectivity index (χ0) is 8.77. The Morgan fingerprint density at radius 1 is 1.25 bits per heavy atom. The van der Waals surface area contributed by atoms with E-state index in [0.29, 0.717) is 0 Å². The highest BCUT2D eigenvalue weighted by molar-refractivity contribution is 6.53. The molecule has 0 nitrogen and oxygen atoms in total. The summed E-state index contributed by atoms with van der Waals surface area (Å²) in [7, 11) is 0. The third-order valence-electron chi connectivity index (χ3n) is 1.89. The first-order valence-electron chi connectivity index (χ1n) is 3.60. The van der Waals surface area contributed by atoms with Crippen molar-refractivity contribution in [2.75, 3.05) is 0 Å². The zero-order valence-corrected chi connectivity index (χ0v) is 8.42. The number of benzene rings is 1. The standard InChI is InChI=1S/C9H6Cl3/c10-7-3-1-2-6(4-7)8-5-9(8,11)12/h1-4H,5H2. The van der Waals surface area contributed by atoms with Gasteiger partial charge in [0.15, 0.2) is 0 Å². The molecule has 63 valence electrons. The van der Waals surface area contributed by atoms with Gasteiger partial charge in [-0.25, -0.2) is 0 Å². The van der Waals surface area contributed by atoms with Crippen molar-refractivity contribution in [2.45, 2.75) is 10.8 Å². The lowest BCUT2D eigenvalue weighted by Gasteiger charge is -1.99. The summed E-state index contributed by atoms with van der Waals surface area (Å²) in [5.41, 5.74) is 1.05. The Balaban J connectivity index is 2.26. The molecule has 12 heavy (non-hydrogen) atoms. The van der Waals surface area contributed by atoms with E-state index < -0.39 is 4.33 Å². The molecule has 0 N–H and O–H groups in total. The van der Waals surface area contributed by atoms with Crippen molar-refractivity contribution >= 4 is 34.8 Å². The number of hydrogen-bond acceptors (Lipinski definition) is 0. The van der Waals surface area contributed by atoms with E-state index in [4.69, 9.17) is 34.8 Å². The molecule has 0 spiro atoms. The lowest BCUT2D eigenvalue weighted by atomic mass is 10.1. The van der Waals surface area contributed by atoms with Crippen molar-refractivity contribution in [3.05, 3.63) is 40.8 Å². The van der Waals surface area contributed by atoms with Crippen LogP contribution in [-0.2, 0) is 0 Å². The number of halogens is 3. The van der Waals surface area contributed by atoms with Crippen molar-refractivity contribution in [2.24, 2.45) is 0 Å². The molecule has 0 aromatic heterocycles. The minimum Gasteiger partial charge on any atom is -0.101 e. The average Bonchev–Trinajstić information content (AvgIpc) is 2.60. The van der Waals surface area contributed by atoms with Gasteiger partial charge in [0.05, 0.1) is 0 Å². The lowest BCUT2D eigenvalue weighted by molar-refractivity contribution is 1.35. The molecule has 2 rings (SSSR count). The second kappa shape index (κ2) is 2.80. The van der Waals surface area contributed by atoms with Crippen molar-refractivity contribution in [3.63, 3.8) is 0 Å². The fraction of sp³-hybridized carbons (Fsp3) is 0.222. The van der Waals surface area contributed by atoms with Gasteiger partial charge in [-0.15, -0.1) is 23.2 Å². The maximum Gasteiger partial charge on any atom is 0.130 e. The summed E-state index contributed by atoms with van der Waals surface area (Å²) in [6.45, 7) is 0. The van der Waals surface area contributed by atoms with Crippen LogP contribution >= 0.6 is 34.8 Å². The van der Waals surface area contributed by atoms with Crippen LogP contribution < -0.4 is 0 Å². The van der Waals surface area contributed by atoms with Crippen molar-refractivity contribution in [1.82, 2.24) is 0 Å². The molecule has 1 fully saturated rings. The third kappa shape index (κ3) is 1.56. The quantitative estimate of drug-likeness (QED) is 0.631. The first kappa shape index (κ1) is 8.68. The molecule has 0 saturated heterocycles. The maximum absolute atomic E-state index is 5.88. The Kier molecular flexibility index (Phi) is 2.02. The maximum atomic E-state index is 5.88. The molecule has 1 radical (unpaired) electrons. The minimum absolute atomic E-state index is 0.634. The number of alkyl halides is 2. The topological polar surface area (TPSA) is 0 Å². The Hall–Kier alpha value is 0.0900. The first-order chi connectivity index (χ1) is 5.59. The second-order valence-corrected chi connectivity index (χ2v) is 4.79. The molecule has 1 aliphatic carbocycles.